The Hall–Kier alpha value is -0.270. The molecule has 0 aromatic heterocycles. The SMILES string of the molecule is C=N.O=[PH+]O. The van der Waals surface area contributed by atoms with Crippen molar-refractivity contribution in [1.82, 2.24) is 0 Å². The van der Waals surface area contributed by atoms with E-state index in [0.29, 0.717) is 0 Å². The summed E-state index contributed by atoms with van der Waals surface area (Å²) in [5.74, 6) is 0. The molecule has 1 unspecified atom stereocenters. The van der Waals surface area contributed by atoms with Crippen molar-refractivity contribution in [2.45, 2.75) is 0 Å². The molecule has 0 saturated carbocycles. The van der Waals surface area contributed by atoms with Gasteiger partial charge < -0.3 is 5.41 Å². The van der Waals surface area contributed by atoms with Crippen LogP contribution in [0.15, 0.2) is 0 Å². The first kappa shape index (κ1) is 8.83. The second kappa shape index (κ2) is 52.2. The summed E-state index contributed by atoms with van der Waals surface area (Å²) in [6.45, 7) is 2.50. The third-order valence-electron chi connectivity index (χ3n) is 0. The largest absolute Gasteiger partial charge is 0.491 e. The summed E-state index contributed by atoms with van der Waals surface area (Å²) >= 11 is 0. The van der Waals surface area contributed by atoms with E-state index in [-0.39, 0.29) is 0 Å². The van der Waals surface area contributed by atoms with Gasteiger partial charge in [0.1, 0.15) is 0 Å². The highest BCUT2D eigenvalue weighted by molar-refractivity contribution is 7.16. The molecule has 0 bridgehead atoms. The van der Waals surface area contributed by atoms with E-state index in [4.69, 9.17) is 14.9 Å². The van der Waals surface area contributed by atoms with Gasteiger partial charge in [0, 0.05) is 0 Å². The van der Waals surface area contributed by atoms with Crippen LogP contribution in [-0.2, 0) is 4.57 Å². The fraction of sp³-hybridized carbons (Fsp3) is 0. The molecule has 2 N–H and O–H groups in total. The minimum atomic E-state index is -1.17. The molecule has 0 spiro atoms. The van der Waals surface area contributed by atoms with E-state index in [0.717, 1.165) is 0 Å². The Morgan fingerprint density at radius 1 is 1.80 bits per heavy atom. The maximum absolute atomic E-state index is 8.51. The van der Waals surface area contributed by atoms with Gasteiger partial charge in [0.2, 0.25) is 0 Å². The summed E-state index contributed by atoms with van der Waals surface area (Å²) in [4.78, 5) is 7.04. The van der Waals surface area contributed by atoms with Gasteiger partial charge in [0.05, 0.1) is 0 Å². The molecule has 0 fully saturated rings. The van der Waals surface area contributed by atoms with Crippen LogP contribution in [0.3, 0.4) is 0 Å². The normalized spacial score (nSPS) is 5.00. The number of nitrogens with one attached hydrogen (secondary N) is 1. The fourth-order valence-electron chi connectivity index (χ4n) is 0. The first-order valence-electron chi connectivity index (χ1n) is 0.781. The molecule has 0 amide bonds. The van der Waals surface area contributed by atoms with Crippen molar-refractivity contribution in [1.29, 1.82) is 5.41 Å². The molecule has 0 aliphatic heterocycles. The lowest BCUT2D eigenvalue weighted by Gasteiger charge is -1.08. The van der Waals surface area contributed by atoms with Crippen molar-refractivity contribution < 1.29 is 9.46 Å². The molecule has 30 valence electrons. The number of hydrogen-bond acceptors (Lipinski definition) is 2. The van der Waals surface area contributed by atoms with Crippen LogP contribution in [0.5, 0.6) is 0 Å². The Morgan fingerprint density at radius 3 is 1.80 bits per heavy atom. The van der Waals surface area contributed by atoms with Gasteiger partial charge in [-0.1, -0.05) is 0 Å². The van der Waals surface area contributed by atoms with Crippen LogP contribution in [0.1, 0.15) is 0 Å². The van der Waals surface area contributed by atoms with Gasteiger partial charge in [0.15, 0.2) is 0 Å². The van der Waals surface area contributed by atoms with Crippen LogP contribution in [-0.4, -0.2) is 11.6 Å². The van der Waals surface area contributed by atoms with Gasteiger partial charge in [-0.05, 0) is 11.3 Å². The van der Waals surface area contributed by atoms with Crippen LogP contribution in [0.25, 0.3) is 0 Å². The van der Waals surface area contributed by atoms with Crippen molar-refractivity contribution >= 4 is 15.4 Å². The highest BCUT2D eigenvalue weighted by Crippen LogP contribution is 1.66. The zero-order valence-corrected chi connectivity index (χ0v) is 3.56. The Bertz CT molecular complexity index is 23.6. The van der Waals surface area contributed by atoms with Crippen molar-refractivity contribution in [2.75, 3.05) is 0 Å². The standard InChI is InChI=1S/CH3N.HO2P/c1-2;1-3-2/h2H,1H2;3H/p+1. The van der Waals surface area contributed by atoms with E-state index < -0.39 is 8.69 Å². The predicted molar refractivity (Wildman–Crippen MR) is 21.1 cm³/mol. The Balaban J connectivity index is 0. The number of rotatable bonds is 0. The molecule has 0 aliphatic rings. The van der Waals surface area contributed by atoms with Crippen molar-refractivity contribution in [3.63, 3.8) is 0 Å². The summed E-state index contributed by atoms with van der Waals surface area (Å²) in [5, 5.41) is 5.50. The summed E-state index contributed by atoms with van der Waals surface area (Å²) in [7, 11) is -1.17. The van der Waals surface area contributed by atoms with Crippen LogP contribution in [0.4, 0.5) is 0 Å². The lowest BCUT2D eigenvalue weighted by Crippen LogP contribution is -1.03. The highest BCUT2D eigenvalue weighted by Gasteiger charge is 1.45. The average Bonchev–Trinajstić information content (AvgIpc) is 1.46. The lowest BCUT2D eigenvalue weighted by atomic mass is 11.8. The third-order valence-corrected chi connectivity index (χ3v) is 0. The molecular weight excluding hydrogens is 89.0 g/mol. The smallest absolute Gasteiger partial charge is 0.317 e. The van der Waals surface area contributed by atoms with Gasteiger partial charge in [-0.15, -0.1) is 0 Å². The fourth-order valence-corrected chi connectivity index (χ4v) is 0. The third kappa shape index (κ3) is 153. The minimum absolute atomic E-state index is 1.17. The molecule has 0 aromatic rings. The van der Waals surface area contributed by atoms with E-state index in [2.05, 4.69) is 6.72 Å². The minimum Gasteiger partial charge on any atom is -0.317 e. The van der Waals surface area contributed by atoms with Gasteiger partial charge in [-0.3, -0.25) is 0 Å². The molecule has 5 heavy (non-hydrogen) atoms. The Kier molecular flexibility index (Phi) is 92.1. The van der Waals surface area contributed by atoms with Crippen molar-refractivity contribution in [2.24, 2.45) is 0 Å². The Labute approximate surface area is 31.4 Å². The van der Waals surface area contributed by atoms with Crippen LogP contribution >= 0.6 is 8.69 Å². The maximum atomic E-state index is 8.51. The molecule has 3 nitrogen and oxygen atoms in total. The Morgan fingerprint density at radius 2 is 1.80 bits per heavy atom. The molecule has 0 heterocycles. The molecule has 0 rings (SSSR count). The summed E-state index contributed by atoms with van der Waals surface area (Å²) in [6, 6.07) is 0. The van der Waals surface area contributed by atoms with Crippen molar-refractivity contribution in [3.05, 3.63) is 0 Å². The zero-order chi connectivity index (χ0) is 4.71. The monoisotopic (exact) mass is 94.0 g/mol. The molecule has 0 radical (unpaired) electrons. The van der Waals surface area contributed by atoms with Gasteiger partial charge in [0.25, 0.3) is 0 Å². The van der Waals surface area contributed by atoms with Crippen molar-refractivity contribution in [3.8, 4) is 0 Å². The first-order chi connectivity index (χ1) is 2.41. The summed E-state index contributed by atoms with van der Waals surface area (Å²) in [6.07, 6.45) is 0. The van der Waals surface area contributed by atoms with E-state index in [9.17, 15) is 0 Å². The molecular formula is CH5NO2P+. The topological polar surface area (TPSA) is 61.2 Å². The lowest BCUT2D eigenvalue weighted by molar-refractivity contribution is 0.524. The van der Waals surface area contributed by atoms with Gasteiger partial charge in [-0.25, -0.2) is 0 Å². The molecule has 0 aliphatic carbocycles. The highest BCUT2D eigenvalue weighted by atomic mass is 31.1. The predicted octanol–water partition coefficient (Wildman–Crippen LogP) is 0.183. The summed E-state index contributed by atoms with van der Waals surface area (Å²) in [5.41, 5.74) is 0. The second-order valence-electron chi connectivity index (χ2n) is 0.0913. The average molecular weight is 94.0 g/mol. The first-order valence-corrected chi connectivity index (χ1v) is 1.64. The quantitative estimate of drug-likeness (QED) is 0.332. The van der Waals surface area contributed by atoms with Crippen LogP contribution in [0.2, 0.25) is 0 Å². The zero-order valence-electron chi connectivity index (χ0n) is 2.56. The van der Waals surface area contributed by atoms with E-state index >= 15 is 0 Å². The summed E-state index contributed by atoms with van der Waals surface area (Å²) < 4.78 is 8.51. The van der Waals surface area contributed by atoms with Crippen LogP contribution < -0.4 is 0 Å². The molecule has 1 atom stereocenters. The van der Waals surface area contributed by atoms with Gasteiger partial charge >= 0.3 is 8.69 Å². The van der Waals surface area contributed by atoms with E-state index in [1.807, 2.05) is 0 Å². The molecule has 0 aromatic carbocycles. The van der Waals surface area contributed by atoms with E-state index in [1.54, 1.807) is 0 Å². The second-order valence-corrected chi connectivity index (χ2v) is 0.274. The van der Waals surface area contributed by atoms with Crippen LogP contribution in [0, 0.1) is 5.41 Å². The maximum Gasteiger partial charge on any atom is 0.491 e. The van der Waals surface area contributed by atoms with E-state index in [1.165, 1.54) is 0 Å². The van der Waals surface area contributed by atoms with Gasteiger partial charge in [-0.2, -0.15) is 4.89 Å². The number of hydrogen-bond donors (Lipinski definition) is 2. The molecule has 0 saturated heterocycles. The molecule has 4 heteroatoms.